The van der Waals surface area contributed by atoms with Gasteiger partial charge < -0.3 is 5.73 Å². The summed E-state index contributed by atoms with van der Waals surface area (Å²) in [6.07, 6.45) is 0. The highest BCUT2D eigenvalue weighted by Gasteiger charge is 2.06. The van der Waals surface area contributed by atoms with Crippen LogP contribution in [0.15, 0.2) is 4.47 Å². The Hall–Kier alpha value is -0.290. The molecule has 0 saturated carbocycles. The standard InChI is InChI=1S/C10H16BrN3S/c1-6(2)4-15-5-8-13-7(3)9(11)10(12)14-8/h6H,4-5H2,1-3H3,(H2,12,13,14). The van der Waals surface area contributed by atoms with Gasteiger partial charge in [0.15, 0.2) is 0 Å². The normalized spacial score (nSPS) is 11.0. The van der Waals surface area contributed by atoms with Gasteiger partial charge in [0.25, 0.3) is 0 Å². The molecule has 84 valence electrons. The van der Waals surface area contributed by atoms with Gasteiger partial charge >= 0.3 is 0 Å². The van der Waals surface area contributed by atoms with Gasteiger partial charge in [-0.2, -0.15) is 11.8 Å². The average Bonchev–Trinajstić information content (AvgIpc) is 2.13. The predicted molar refractivity (Wildman–Crippen MR) is 69.9 cm³/mol. The van der Waals surface area contributed by atoms with Crippen molar-refractivity contribution in [3.8, 4) is 0 Å². The van der Waals surface area contributed by atoms with Crippen LogP contribution in [0.3, 0.4) is 0 Å². The third-order valence-electron chi connectivity index (χ3n) is 1.77. The van der Waals surface area contributed by atoms with Crippen LogP contribution in [0.1, 0.15) is 25.4 Å². The number of nitrogens with zero attached hydrogens (tertiary/aromatic N) is 2. The molecule has 3 nitrogen and oxygen atoms in total. The van der Waals surface area contributed by atoms with Crippen molar-refractivity contribution in [3.05, 3.63) is 16.0 Å². The van der Waals surface area contributed by atoms with Crippen LogP contribution in [-0.2, 0) is 5.75 Å². The number of halogens is 1. The summed E-state index contributed by atoms with van der Waals surface area (Å²) in [6.45, 7) is 6.34. The lowest BCUT2D eigenvalue weighted by atomic mass is 10.3. The highest BCUT2D eigenvalue weighted by molar-refractivity contribution is 9.10. The summed E-state index contributed by atoms with van der Waals surface area (Å²) < 4.78 is 0.806. The molecule has 0 bridgehead atoms. The van der Waals surface area contributed by atoms with E-state index in [9.17, 15) is 0 Å². The third kappa shape index (κ3) is 3.99. The summed E-state index contributed by atoms with van der Waals surface area (Å²) in [5.74, 6) is 4.00. The van der Waals surface area contributed by atoms with Crippen molar-refractivity contribution >= 4 is 33.5 Å². The Labute approximate surface area is 103 Å². The highest BCUT2D eigenvalue weighted by Crippen LogP contribution is 2.21. The van der Waals surface area contributed by atoms with Crippen molar-refractivity contribution < 1.29 is 0 Å². The zero-order valence-electron chi connectivity index (χ0n) is 9.25. The van der Waals surface area contributed by atoms with Crippen LogP contribution in [0.5, 0.6) is 0 Å². The van der Waals surface area contributed by atoms with E-state index in [2.05, 4.69) is 39.7 Å². The maximum Gasteiger partial charge on any atom is 0.141 e. The Kier molecular flexibility index (Phi) is 4.86. The molecule has 0 unspecified atom stereocenters. The Morgan fingerprint density at radius 3 is 2.60 bits per heavy atom. The summed E-state index contributed by atoms with van der Waals surface area (Å²) >= 11 is 5.19. The zero-order chi connectivity index (χ0) is 11.4. The smallest absolute Gasteiger partial charge is 0.141 e. The van der Waals surface area contributed by atoms with Crippen LogP contribution in [0.2, 0.25) is 0 Å². The SMILES string of the molecule is Cc1nc(CSCC(C)C)nc(N)c1Br. The number of thioether (sulfide) groups is 1. The topological polar surface area (TPSA) is 51.8 Å². The molecule has 1 aromatic rings. The van der Waals surface area contributed by atoms with Crippen LogP contribution in [-0.4, -0.2) is 15.7 Å². The zero-order valence-corrected chi connectivity index (χ0v) is 11.7. The number of hydrogen-bond donors (Lipinski definition) is 1. The van der Waals surface area contributed by atoms with E-state index >= 15 is 0 Å². The largest absolute Gasteiger partial charge is 0.383 e. The molecule has 0 radical (unpaired) electrons. The minimum Gasteiger partial charge on any atom is -0.383 e. The second kappa shape index (κ2) is 5.70. The lowest BCUT2D eigenvalue weighted by molar-refractivity contribution is 0.749. The van der Waals surface area contributed by atoms with Crippen molar-refractivity contribution in [2.24, 2.45) is 5.92 Å². The first-order valence-corrected chi connectivity index (χ1v) is 6.81. The van der Waals surface area contributed by atoms with Gasteiger partial charge in [-0.25, -0.2) is 9.97 Å². The fourth-order valence-electron chi connectivity index (χ4n) is 1.09. The Morgan fingerprint density at radius 1 is 1.40 bits per heavy atom. The number of hydrogen-bond acceptors (Lipinski definition) is 4. The quantitative estimate of drug-likeness (QED) is 0.926. The van der Waals surface area contributed by atoms with Gasteiger partial charge in [0, 0.05) is 0 Å². The molecule has 0 atom stereocenters. The van der Waals surface area contributed by atoms with Gasteiger partial charge in [-0.15, -0.1) is 0 Å². The fraction of sp³-hybridized carbons (Fsp3) is 0.600. The molecule has 0 aliphatic carbocycles. The van der Waals surface area contributed by atoms with Crippen LogP contribution in [0.25, 0.3) is 0 Å². The second-order valence-electron chi connectivity index (χ2n) is 3.83. The second-order valence-corrected chi connectivity index (χ2v) is 5.66. The molecule has 1 rings (SSSR count). The molecule has 0 aliphatic heterocycles. The first-order chi connectivity index (χ1) is 7.00. The maximum absolute atomic E-state index is 5.75. The molecule has 5 heteroatoms. The van der Waals surface area contributed by atoms with E-state index in [4.69, 9.17) is 5.73 Å². The van der Waals surface area contributed by atoms with Gasteiger partial charge in [-0.1, -0.05) is 13.8 Å². The van der Waals surface area contributed by atoms with E-state index in [0.29, 0.717) is 11.7 Å². The molecular formula is C10H16BrN3S. The molecule has 1 aromatic heterocycles. The number of anilines is 1. The molecule has 2 N–H and O–H groups in total. The summed E-state index contributed by atoms with van der Waals surface area (Å²) in [5, 5.41) is 0. The van der Waals surface area contributed by atoms with Crippen LogP contribution in [0, 0.1) is 12.8 Å². The summed E-state index contributed by atoms with van der Waals surface area (Å²) in [4.78, 5) is 8.60. The van der Waals surface area contributed by atoms with Gasteiger partial charge in [0.05, 0.1) is 15.9 Å². The molecule has 0 fully saturated rings. The summed E-state index contributed by atoms with van der Waals surface area (Å²) in [7, 11) is 0. The molecular weight excluding hydrogens is 274 g/mol. The minimum atomic E-state index is 0.530. The minimum absolute atomic E-state index is 0.530. The molecule has 0 aromatic carbocycles. The van der Waals surface area contributed by atoms with E-state index in [1.807, 2.05) is 18.7 Å². The number of rotatable bonds is 4. The monoisotopic (exact) mass is 289 g/mol. The lowest BCUT2D eigenvalue weighted by Crippen LogP contribution is -2.03. The maximum atomic E-state index is 5.75. The average molecular weight is 290 g/mol. The van der Waals surface area contributed by atoms with E-state index in [1.54, 1.807) is 0 Å². The van der Waals surface area contributed by atoms with Crippen LogP contribution < -0.4 is 5.73 Å². The third-order valence-corrected chi connectivity index (χ3v) is 4.12. The first kappa shape index (κ1) is 12.8. The Balaban J connectivity index is 2.63. The van der Waals surface area contributed by atoms with Crippen molar-refractivity contribution in [2.75, 3.05) is 11.5 Å². The van der Waals surface area contributed by atoms with E-state index in [0.717, 1.165) is 27.5 Å². The fourth-order valence-corrected chi connectivity index (χ4v) is 2.17. The van der Waals surface area contributed by atoms with Crippen molar-refractivity contribution in [1.82, 2.24) is 9.97 Å². The predicted octanol–water partition coefficient (Wildman–Crippen LogP) is 3.02. The van der Waals surface area contributed by atoms with Crippen LogP contribution in [0.4, 0.5) is 5.82 Å². The number of nitrogens with two attached hydrogens (primary N) is 1. The summed E-state index contributed by atoms with van der Waals surface area (Å²) in [6, 6.07) is 0. The molecule has 1 heterocycles. The molecule has 0 amide bonds. The van der Waals surface area contributed by atoms with Gasteiger partial charge in [0.1, 0.15) is 11.6 Å². The Bertz CT molecular complexity index is 318. The number of aromatic nitrogens is 2. The number of aryl methyl sites for hydroxylation is 1. The molecule has 0 aliphatic rings. The van der Waals surface area contributed by atoms with E-state index in [1.165, 1.54) is 0 Å². The molecule has 0 spiro atoms. The van der Waals surface area contributed by atoms with Crippen LogP contribution >= 0.6 is 27.7 Å². The highest BCUT2D eigenvalue weighted by atomic mass is 79.9. The first-order valence-electron chi connectivity index (χ1n) is 4.87. The van der Waals surface area contributed by atoms with E-state index < -0.39 is 0 Å². The summed E-state index contributed by atoms with van der Waals surface area (Å²) in [5.41, 5.74) is 6.65. The van der Waals surface area contributed by atoms with Crippen molar-refractivity contribution in [2.45, 2.75) is 26.5 Å². The van der Waals surface area contributed by atoms with Gasteiger partial charge in [-0.05, 0) is 34.5 Å². The van der Waals surface area contributed by atoms with Crippen molar-refractivity contribution in [1.29, 1.82) is 0 Å². The van der Waals surface area contributed by atoms with Crippen molar-refractivity contribution in [3.63, 3.8) is 0 Å². The van der Waals surface area contributed by atoms with Gasteiger partial charge in [0.2, 0.25) is 0 Å². The molecule has 15 heavy (non-hydrogen) atoms. The van der Waals surface area contributed by atoms with E-state index in [-0.39, 0.29) is 0 Å². The Morgan fingerprint density at radius 2 is 2.07 bits per heavy atom. The molecule has 0 saturated heterocycles. The lowest BCUT2D eigenvalue weighted by Gasteiger charge is -2.06. The number of nitrogen functional groups attached to an aromatic ring is 1. The van der Waals surface area contributed by atoms with Gasteiger partial charge in [-0.3, -0.25) is 0 Å².